The summed E-state index contributed by atoms with van der Waals surface area (Å²) in [7, 11) is 1.71. The minimum atomic E-state index is 0.915. The summed E-state index contributed by atoms with van der Waals surface area (Å²) in [6, 6.07) is 14.5. The highest BCUT2D eigenvalue weighted by atomic mass is 16.5. The molecule has 0 radical (unpaired) electrons. The van der Waals surface area contributed by atoms with Crippen LogP contribution in [0.5, 0.6) is 5.75 Å². The highest BCUT2D eigenvalue weighted by Crippen LogP contribution is 2.40. The first-order valence-corrected chi connectivity index (χ1v) is 6.54. The van der Waals surface area contributed by atoms with E-state index >= 15 is 0 Å². The molecule has 19 heavy (non-hydrogen) atoms. The monoisotopic (exact) mass is 250 g/mol. The summed E-state index contributed by atoms with van der Waals surface area (Å²) in [6.45, 7) is 0. The Balaban J connectivity index is 1.99. The molecule has 0 saturated carbocycles. The molecule has 4 rings (SSSR count). The SMILES string of the molecule is COc1ccc2c(c1)CCc1c-2oc2ccccc12. The van der Waals surface area contributed by atoms with Gasteiger partial charge in [-0.05, 0) is 42.7 Å². The van der Waals surface area contributed by atoms with Crippen molar-refractivity contribution in [1.29, 1.82) is 0 Å². The summed E-state index contributed by atoms with van der Waals surface area (Å²) < 4.78 is 11.3. The van der Waals surface area contributed by atoms with Crippen LogP contribution in [-0.4, -0.2) is 7.11 Å². The number of hydrogen-bond acceptors (Lipinski definition) is 2. The average molecular weight is 250 g/mol. The molecule has 2 nitrogen and oxygen atoms in total. The lowest BCUT2D eigenvalue weighted by Gasteiger charge is -2.16. The second kappa shape index (κ2) is 3.89. The van der Waals surface area contributed by atoms with Crippen molar-refractivity contribution in [3.8, 4) is 17.1 Å². The zero-order chi connectivity index (χ0) is 12.8. The van der Waals surface area contributed by atoms with E-state index in [1.807, 2.05) is 18.2 Å². The standard InChI is InChI=1S/C17H14O2/c1-18-12-7-9-13-11(10-12)6-8-15-14-4-2-3-5-16(14)19-17(13)15/h2-5,7,9-10H,6,8H2,1H3. The molecule has 0 unspecified atom stereocenters. The lowest BCUT2D eigenvalue weighted by molar-refractivity contribution is 0.414. The first kappa shape index (κ1) is 10.7. The fourth-order valence-corrected chi connectivity index (χ4v) is 2.95. The molecule has 3 aromatic rings. The Kier molecular flexibility index (Phi) is 2.18. The topological polar surface area (TPSA) is 22.4 Å². The lowest BCUT2D eigenvalue weighted by Crippen LogP contribution is -2.02. The summed E-state index contributed by atoms with van der Waals surface area (Å²) in [5, 5.41) is 1.25. The van der Waals surface area contributed by atoms with E-state index < -0.39 is 0 Å². The van der Waals surface area contributed by atoms with Crippen LogP contribution in [0, 0.1) is 0 Å². The summed E-state index contributed by atoms with van der Waals surface area (Å²) >= 11 is 0. The van der Waals surface area contributed by atoms with E-state index in [-0.39, 0.29) is 0 Å². The highest BCUT2D eigenvalue weighted by molar-refractivity contribution is 5.89. The minimum Gasteiger partial charge on any atom is -0.497 e. The number of aryl methyl sites for hydroxylation is 2. The van der Waals surface area contributed by atoms with Crippen LogP contribution in [0.2, 0.25) is 0 Å². The van der Waals surface area contributed by atoms with Crippen LogP contribution in [0.25, 0.3) is 22.3 Å². The third-order valence-electron chi connectivity index (χ3n) is 3.90. The molecule has 0 aliphatic heterocycles. The molecule has 0 bridgehead atoms. The maximum Gasteiger partial charge on any atom is 0.138 e. The minimum absolute atomic E-state index is 0.915. The molecule has 0 atom stereocenters. The maximum absolute atomic E-state index is 6.05. The van der Waals surface area contributed by atoms with Gasteiger partial charge in [-0.15, -0.1) is 0 Å². The number of hydrogen-bond donors (Lipinski definition) is 0. The van der Waals surface area contributed by atoms with Crippen LogP contribution in [0.1, 0.15) is 11.1 Å². The molecule has 0 spiro atoms. The van der Waals surface area contributed by atoms with Crippen molar-refractivity contribution in [2.24, 2.45) is 0 Å². The quantitative estimate of drug-likeness (QED) is 0.645. The second-order valence-electron chi connectivity index (χ2n) is 4.93. The predicted molar refractivity (Wildman–Crippen MR) is 75.6 cm³/mol. The van der Waals surface area contributed by atoms with Gasteiger partial charge in [-0.1, -0.05) is 18.2 Å². The summed E-state index contributed by atoms with van der Waals surface area (Å²) in [4.78, 5) is 0. The van der Waals surface area contributed by atoms with Crippen molar-refractivity contribution in [2.75, 3.05) is 7.11 Å². The Morgan fingerprint density at radius 3 is 2.84 bits per heavy atom. The van der Waals surface area contributed by atoms with Gasteiger partial charge in [0.25, 0.3) is 0 Å². The predicted octanol–water partition coefficient (Wildman–Crippen LogP) is 4.21. The van der Waals surface area contributed by atoms with E-state index in [0.29, 0.717) is 0 Å². The maximum atomic E-state index is 6.05. The van der Waals surface area contributed by atoms with Gasteiger partial charge >= 0.3 is 0 Å². The second-order valence-corrected chi connectivity index (χ2v) is 4.93. The van der Waals surface area contributed by atoms with Crippen LogP contribution in [0.4, 0.5) is 0 Å². The van der Waals surface area contributed by atoms with Crippen molar-refractivity contribution in [2.45, 2.75) is 12.8 Å². The molecular weight excluding hydrogens is 236 g/mol. The Morgan fingerprint density at radius 1 is 1.05 bits per heavy atom. The Hall–Kier alpha value is -2.22. The van der Waals surface area contributed by atoms with Crippen LogP contribution in [0.3, 0.4) is 0 Å². The van der Waals surface area contributed by atoms with E-state index in [4.69, 9.17) is 9.15 Å². The zero-order valence-corrected chi connectivity index (χ0v) is 10.8. The highest BCUT2D eigenvalue weighted by Gasteiger charge is 2.22. The van der Waals surface area contributed by atoms with Gasteiger partial charge in [-0.2, -0.15) is 0 Å². The summed E-state index contributed by atoms with van der Waals surface area (Å²) in [5.74, 6) is 1.95. The summed E-state index contributed by atoms with van der Waals surface area (Å²) in [5.41, 5.74) is 4.84. The zero-order valence-electron chi connectivity index (χ0n) is 10.8. The third-order valence-corrected chi connectivity index (χ3v) is 3.90. The molecular formula is C17H14O2. The van der Waals surface area contributed by atoms with Gasteiger partial charge in [0.15, 0.2) is 0 Å². The van der Waals surface area contributed by atoms with E-state index in [1.165, 1.54) is 22.1 Å². The van der Waals surface area contributed by atoms with Crippen molar-refractivity contribution in [1.82, 2.24) is 0 Å². The number of para-hydroxylation sites is 1. The molecule has 0 saturated heterocycles. The number of rotatable bonds is 1. The molecule has 0 amide bonds. The molecule has 1 aliphatic rings. The molecule has 1 aromatic heterocycles. The fraction of sp³-hybridized carbons (Fsp3) is 0.176. The van der Waals surface area contributed by atoms with E-state index in [0.717, 1.165) is 29.9 Å². The van der Waals surface area contributed by atoms with Crippen LogP contribution >= 0.6 is 0 Å². The van der Waals surface area contributed by atoms with E-state index in [2.05, 4.69) is 24.3 Å². The molecule has 1 aliphatic carbocycles. The van der Waals surface area contributed by atoms with Gasteiger partial charge in [-0.3, -0.25) is 0 Å². The molecule has 1 heterocycles. The van der Waals surface area contributed by atoms with Gasteiger partial charge in [-0.25, -0.2) is 0 Å². The van der Waals surface area contributed by atoms with Gasteiger partial charge in [0.1, 0.15) is 17.1 Å². The van der Waals surface area contributed by atoms with Gasteiger partial charge in [0.05, 0.1) is 7.11 Å². The number of furan rings is 1. The Labute approximate surface area is 111 Å². The number of fused-ring (bicyclic) bond motifs is 5. The molecule has 2 heteroatoms. The molecule has 2 aromatic carbocycles. The number of methoxy groups -OCH3 is 1. The van der Waals surface area contributed by atoms with E-state index in [1.54, 1.807) is 7.11 Å². The molecule has 0 N–H and O–H groups in total. The van der Waals surface area contributed by atoms with Crippen molar-refractivity contribution < 1.29 is 9.15 Å². The summed E-state index contributed by atoms with van der Waals surface area (Å²) in [6.07, 6.45) is 2.08. The smallest absolute Gasteiger partial charge is 0.138 e. The van der Waals surface area contributed by atoms with Crippen LogP contribution < -0.4 is 4.74 Å². The van der Waals surface area contributed by atoms with Crippen molar-refractivity contribution in [3.05, 3.63) is 53.6 Å². The Morgan fingerprint density at radius 2 is 1.95 bits per heavy atom. The van der Waals surface area contributed by atoms with Crippen LogP contribution in [0.15, 0.2) is 46.9 Å². The molecule has 94 valence electrons. The molecule has 0 fully saturated rings. The lowest BCUT2D eigenvalue weighted by atomic mass is 9.89. The first-order valence-electron chi connectivity index (χ1n) is 6.54. The normalized spacial score (nSPS) is 13.1. The largest absolute Gasteiger partial charge is 0.497 e. The van der Waals surface area contributed by atoms with Crippen LogP contribution in [-0.2, 0) is 12.8 Å². The van der Waals surface area contributed by atoms with Gasteiger partial charge in [0, 0.05) is 16.5 Å². The number of ether oxygens (including phenoxy) is 1. The van der Waals surface area contributed by atoms with Gasteiger partial charge in [0.2, 0.25) is 0 Å². The average Bonchev–Trinajstić information content (AvgIpc) is 2.85. The number of benzene rings is 2. The fourth-order valence-electron chi connectivity index (χ4n) is 2.95. The first-order chi connectivity index (χ1) is 9.36. The van der Waals surface area contributed by atoms with E-state index in [9.17, 15) is 0 Å². The van der Waals surface area contributed by atoms with Crippen molar-refractivity contribution >= 4 is 11.0 Å². The van der Waals surface area contributed by atoms with Gasteiger partial charge < -0.3 is 9.15 Å². The van der Waals surface area contributed by atoms with Crippen molar-refractivity contribution in [3.63, 3.8) is 0 Å². The Bertz CT molecular complexity index is 768. The third kappa shape index (κ3) is 1.49.